The normalized spacial score (nSPS) is 9.88. The Hall–Kier alpha value is -2.16. The predicted octanol–water partition coefficient (Wildman–Crippen LogP) is 2.52. The number of hydrogen-bond acceptors (Lipinski definition) is 3. The Morgan fingerprint density at radius 3 is 2.71 bits per heavy atom. The van der Waals surface area contributed by atoms with E-state index in [1.54, 1.807) is 18.3 Å². The van der Waals surface area contributed by atoms with Gasteiger partial charge in [-0.15, -0.1) is 0 Å². The van der Waals surface area contributed by atoms with Crippen molar-refractivity contribution < 1.29 is 9.53 Å². The Balaban J connectivity index is 1.92. The number of nitrogens with zero attached hydrogens (tertiary/aromatic N) is 1. The molecular formula is C14H13NO2. The summed E-state index contributed by atoms with van der Waals surface area (Å²) in [4.78, 5) is 14.8. The summed E-state index contributed by atoms with van der Waals surface area (Å²) in [5, 5.41) is 0. The number of rotatable bonds is 5. The molecule has 1 aromatic heterocycles. The molecular weight excluding hydrogens is 214 g/mol. The molecule has 0 bridgehead atoms. The molecule has 2 aromatic rings. The van der Waals surface area contributed by atoms with E-state index in [1.807, 2.05) is 30.3 Å². The predicted molar refractivity (Wildman–Crippen MR) is 65.3 cm³/mol. The molecule has 0 aliphatic carbocycles. The number of ether oxygens (including phenoxy) is 1. The van der Waals surface area contributed by atoms with Crippen LogP contribution in [0.5, 0.6) is 5.88 Å². The van der Waals surface area contributed by atoms with Crippen molar-refractivity contribution in [1.29, 1.82) is 0 Å². The van der Waals surface area contributed by atoms with Gasteiger partial charge in [0.1, 0.15) is 0 Å². The molecule has 0 unspecified atom stereocenters. The minimum atomic E-state index is 0.401. The molecule has 86 valence electrons. The summed E-state index contributed by atoms with van der Waals surface area (Å²) < 4.78 is 5.49. The second-order valence-corrected chi connectivity index (χ2v) is 3.60. The number of hydrogen-bond donors (Lipinski definition) is 0. The molecule has 0 saturated carbocycles. The number of carbonyl (C=O) groups is 1. The third-order valence-corrected chi connectivity index (χ3v) is 2.40. The highest BCUT2D eigenvalue weighted by Gasteiger charge is 2.02. The molecule has 0 saturated heterocycles. The molecule has 0 spiro atoms. The van der Waals surface area contributed by atoms with Gasteiger partial charge in [0.2, 0.25) is 5.88 Å². The van der Waals surface area contributed by atoms with Crippen LogP contribution in [0.15, 0.2) is 48.7 Å². The van der Waals surface area contributed by atoms with E-state index in [4.69, 9.17) is 4.74 Å². The first-order valence-electron chi connectivity index (χ1n) is 5.47. The lowest BCUT2D eigenvalue weighted by Gasteiger charge is -2.06. The summed E-state index contributed by atoms with van der Waals surface area (Å²) in [6.07, 6.45) is 3.17. The lowest BCUT2D eigenvalue weighted by molar-refractivity contribution is 0.111. The van der Waals surface area contributed by atoms with Gasteiger partial charge < -0.3 is 4.74 Å². The number of aromatic nitrogens is 1. The fourth-order valence-corrected chi connectivity index (χ4v) is 1.52. The third-order valence-electron chi connectivity index (χ3n) is 2.40. The van der Waals surface area contributed by atoms with E-state index in [1.165, 1.54) is 5.56 Å². The zero-order valence-corrected chi connectivity index (χ0v) is 9.37. The molecule has 1 aromatic carbocycles. The lowest BCUT2D eigenvalue weighted by Crippen LogP contribution is -2.04. The summed E-state index contributed by atoms with van der Waals surface area (Å²) in [7, 11) is 0. The topological polar surface area (TPSA) is 39.2 Å². The minimum Gasteiger partial charge on any atom is -0.477 e. The van der Waals surface area contributed by atoms with Crippen LogP contribution in [-0.4, -0.2) is 17.9 Å². The summed E-state index contributed by atoms with van der Waals surface area (Å²) in [5.41, 5.74) is 1.69. The summed E-state index contributed by atoms with van der Waals surface area (Å²) in [6.45, 7) is 0.516. The first-order valence-corrected chi connectivity index (χ1v) is 5.47. The van der Waals surface area contributed by atoms with Crippen molar-refractivity contribution in [2.45, 2.75) is 6.42 Å². The molecule has 0 aliphatic heterocycles. The van der Waals surface area contributed by atoms with Gasteiger partial charge >= 0.3 is 0 Å². The van der Waals surface area contributed by atoms with E-state index >= 15 is 0 Å². The standard InChI is InChI=1S/C14H13NO2/c16-11-13-7-4-9-15-14(13)17-10-8-12-5-2-1-3-6-12/h1-7,9,11H,8,10H2. The SMILES string of the molecule is O=Cc1cccnc1OCCc1ccccc1. The van der Waals surface area contributed by atoms with Gasteiger partial charge in [-0.05, 0) is 17.7 Å². The van der Waals surface area contributed by atoms with Crippen molar-refractivity contribution >= 4 is 6.29 Å². The van der Waals surface area contributed by atoms with Gasteiger partial charge in [-0.2, -0.15) is 0 Å². The molecule has 3 nitrogen and oxygen atoms in total. The molecule has 0 atom stereocenters. The summed E-state index contributed by atoms with van der Waals surface area (Å²) in [6, 6.07) is 13.5. The first-order chi connectivity index (χ1) is 8.40. The van der Waals surface area contributed by atoms with Crippen LogP contribution in [0.2, 0.25) is 0 Å². The second-order valence-electron chi connectivity index (χ2n) is 3.60. The van der Waals surface area contributed by atoms with Crippen molar-refractivity contribution in [2.75, 3.05) is 6.61 Å². The van der Waals surface area contributed by atoms with Gasteiger partial charge in [0.15, 0.2) is 6.29 Å². The number of pyridine rings is 1. The van der Waals surface area contributed by atoms with Crippen LogP contribution in [0.1, 0.15) is 15.9 Å². The number of benzene rings is 1. The first kappa shape index (κ1) is 11.3. The Kier molecular flexibility index (Phi) is 3.86. The van der Waals surface area contributed by atoms with Gasteiger partial charge in [-0.1, -0.05) is 30.3 Å². The van der Waals surface area contributed by atoms with Gasteiger partial charge in [0, 0.05) is 12.6 Å². The summed E-state index contributed by atoms with van der Waals surface area (Å²) in [5.74, 6) is 0.401. The second kappa shape index (κ2) is 5.80. The minimum absolute atomic E-state index is 0.401. The maximum atomic E-state index is 10.7. The molecule has 0 radical (unpaired) electrons. The van der Waals surface area contributed by atoms with E-state index in [-0.39, 0.29) is 0 Å². The fourth-order valence-electron chi connectivity index (χ4n) is 1.52. The molecule has 0 aliphatic rings. The molecule has 0 amide bonds. The third kappa shape index (κ3) is 3.14. The van der Waals surface area contributed by atoms with Crippen molar-refractivity contribution in [2.24, 2.45) is 0 Å². The Bertz CT molecular complexity index is 483. The van der Waals surface area contributed by atoms with Gasteiger partial charge in [-0.3, -0.25) is 4.79 Å². The molecule has 3 heteroatoms. The molecule has 0 fully saturated rings. The van der Waals surface area contributed by atoms with E-state index in [0.29, 0.717) is 18.1 Å². The van der Waals surface area contributed by atoms with Crippen LogP contribution in [0.25, 0.3) is 0 Å². The monoisotopic (exact) mass is 227 g/mol. The summed E-state index contributed by atoms with van der Waals surface area (Å²) >= 11 is 0. The van der Waals surface area contributed by atoms with E-state index in [2.05, 4.69) is 4.98 Å². The zero-order chi connectivity index (χ0) is 11.9. The Labute approximate surface area is 100 Å². The Morgan fingerprint density at radius 1 is 1.12 bits per heavy atom. The average molecular weight is 227 g/mol. The maximum absolute atomic E-state index is 10.7. The maximum Gasteiger partial charge on any atom is 0.224 e. The highest BCUT2D eigenvalue weighted by molar-refractivity contribution is 5.77. The lowest BCUT2D eigenvalue weighted by atomic mass is 10.2. The van der Waals surface area contributed by atoms with Crippen LogP contribution < -0.4 is 4.74 Å². The van der Waals surface area contributed by atoms with Crippen LogP contribution in [-0.2, 0) is 6.42 Å². The van der Waals surface area contributed by atoms with Crippen LogP contribution in [0, 0.1) is 0 Å². The van der Waals surface area contributed by atoms with Crippen LogP contribution in [0.3, 0.4) is 0 Å². The zero-order valence-electron chi connectivity index (χ0n) is 9.37. The van der Waals surface area contributed by atoms with Crippen LogP contribution in [0.4, 0.5) is 0 Å². The quantitative estimate of drug-likeness (QED) is 0.737. The van der Waals surface area contributed by atoms with E-state index < -0.39 is 0 Å². The van der Waals surface area contributed by atoms with Crippen molar-refractivity contribution in [3.05, 3.63) is 59.8 Å². The number of aldehydes is 1. The number of carbonyl (C=O) groups excluding carboxylic acids is 1. The van der Waals surface area contributed by atoms with Crippen molar-refractivity contribution in [1.82, 2.24) is 4.98 Å². The van der Waals surface area contributed by atoms with E-state index in [9.17, 15) is 4.79 Å². The van der Waals surface area contributed by atoms with Gasteiger partial charge in [0.05, 0.1) is 12.2 Å². The Morgan fingerprint density at radius 2 is 1.94 bits per heavy atom. The smallest absolute Gasteiger partial charge is 0.224 e. The largest absolute Gasteiger partial charge is 0.477 e. The van der Waals surface area contributed by atoms with Crippen LogP contribution >= 0.6 is 0 Å². The fraction of sp³-hybridized carbons (Fsp3) is 0.143. The highest BCUT2D eigenvalue weighted by Crippen LogP contribution is 2.12. The van der Waals surface area contributed by atoms with E-state index in [0.717, 1.165) is 12.7 Å². The van der Waals surface area contributed by atoms with Gasteiger partial charge in [0.25, 0.3) is 0 Å². The van der Waals surface area contributed by atoms with Gasteiger partial charge in [-0.25, -0.2) is 4.98 Å². The average Bonchev–Trinajstić information content (AvgIpc) is 2.40. The highest BCUT2D eigenvalue weighted by atomic mass is 16.5. The molecule has 0 N–H and O–H groups in total. The van der Waals surface area contributed by atoms with Crippen molar-refractivity contribution in [3.8, 4) is 5.88 Å². The molecule has 2 rings (SSSR count). The molecule has 1 heterocycles. The van der Waals surface area contributed by atoms with Crippen molar-refractivity contribution in [3.63, 3.8) is 0 Å². The molecule has 17 heavy (non-hydrogen) atoms.